The van der Waals surface area contributed by atoms with E-state index in [-0.39, 0.29) is 5.91 Å². The Kier molecular flexibility index (Phi) is 4.84. The molecule has 1 aliphatic heterocycles. The zero-order valence-corrected chi connectivity index (χ0v) is 10.3. The maximum atomic E-state index is 11.5. The normalized spacial score (nSPS) is 16.9. The zero-order chi connectivity index (χ0) is 11.9. The minimum absolute atomic E-state index is 0.0734. The van der Waals surface area contributed by atoms with Crippen molar-refractivity contribution in [1.29, 1.82) is 0 Å². The largest absolute Gasteiger partial charge is 0.378 e. The van der Waals surface area contributed by atoms with E-state index in [1.807, 2.05) is 0 Å². The molecule has 0 bridgehead atoms. The molecule has 0 atom stereocenters. The lowest BCUT2D eigenvalue weighted by Gasteiger charge is -2.22. The van der Waals surface area contributed by atoms with E-state index in [4.69, 9.17) is 4.74 Å². The molecule has 6 nitrogen and oxygen atoms in total. The molecule has 17 heavy (non-hydrogen) atoms. The Bertz CT molecular complexity index is 338. The molecule has 1 aromatic rings. The van der Waals surface area contributed by atoms with Crippen LogP contribution >= 0.6 is 11.3 Å². The van der Waals surface area contributed by atoms with Gasteiger partial charge in [-0.25, -0.2) is 0 Å². The number of anilines is 1. The average Bonchev–Trinajstić information content (AvgIpc) is 2.83. The van der Waals surface area contributed by atoms with E-state index in [1.54, 1.807) is 5.51 Å². The first kappa shape index (κ1) is 12.4. The van der Waals surface area contributed by atoms with Crippen LogP contribution in [0.4, 0.5) is 5.13 Å². The molecule has 94 valence electrons. The van der Waals surface area contributed by atoms with Gasteiger partial charge in [-0.2, -0.15) is 0 Å². The highest BCUT2D eigenvalue weighted by Crippen LogP contribution is 2.10. The van der Waals surface area contributed by atoms with Crippen LogP contribution in [0.3, 0.4) is 0 Å². The first-order chi connectivity index (χ1) is 8.34. The molecule has 0 spiro atoms. The van der Waals surface area contributed by atoms with Crippen LogP contribution in [-0.4, -0.2) is 41.9 Å². The fraction of sp³-hybridized carbons (Fsp3) is 0.700. The summed E-state index contributed by atoms with van der Waals surface area (Å²) >= 11 is 1.31. The second kappa shape index (κ2) is 6.63. The van der Waals surface area contributed by atoms with E-state index in [0.29, 0.717) is 24.3 Å². The molecular weight excluding hydrogens is 240 g/mol. The minimum atomic E-state index is -0.0734. The summed E-state index contributed by atoms with van der Waals surface area (Å²) < 4.78 is 5.64. The van der Waals surface area contributed by atoms with Gasteiger partial charge in [0.05, 0.1) is 19.1 Å². The third-order valence-electron chi connectivity index (χ3n) is 2.58. The molecule has 1 amide bonds. The summed E-state index contributed by atoms with van der Waals surface area (Å²) in [5.74, 6) is -0.0734. The molecule has 1 fully saturated rings. The number of piperidine rings is 1. The van der Waals surface area contributed by atoms with Crippen molar-refractivity contribution >= 4 is 22.4 Å². The average molecular weight is 256 g/mol. The molecule has 2 heterocycles. The predicted molar refractivity (Wildman–Crippen MR) is 65.0 cm³/mol. The smallest absolute Gasteiger partial charge is 0.228 e. The van der Waals surface area contributed by atoms with Crippen LogP contribution in [0.5, 0.6) is 0 Å². The molecule has 0 aromatic carbocycles. The number of ether oxygens (including phenoxy) is 1. The van der Waals surface area contributed by atoms with Crippen LogP contribution in [0, 0.1) is 0 Å². The summed E-state index contributed by atoms with van der Waals surface area (Å²) in [6.45, 7) is 2.47. The van der Waals surface area contributed by atoms with Crippen molar-refractivity contribution in [3.05, 3.63) is 5.51 Å². The lowest BCUT2D eigenvalue weighted by atomic mass is 10.1. The molecule has 2 N–H and O–H groups in total. The minimum Gasteiger partial charge on any atom is -0.378 e. The SMILES string of the molecule is O=C(CCOC1CCNCC1)Nc1nncs1. The van der Waals surface area contributed by atoms with Gasteiger partial charge in [-0.05, 0) is 25.9 Å². The highest BCUT2D eigenvalue weighted by molar-refractivity contribution is 7.13. The van der Waals surface area contributed by atoms with Crippen molar-refractivity contribution < 1.29 is 9.53 Å². The van der Waals surface area contributed by atoms with E-state index >= 15 is 0 Å². The summed E-state index contributed by atoms with van der Waals surface area (Å²) in [7, 11) is 0. The maximum absolute atomic E-state index is 11.5. The summed E-state index contributed by atoms with van der Waals surface area (Å²) in [6, 6.07) is 0. The van der Waals surface area contributed by atoms with Crippen LogP contribution in [0.15, 0.2) is 5.51 Å². The summed E-state index contributed by atoms with van der Waals surface area (Å²) in [6.07, 6.45) is 2.71. The summed E-state index contributed by atoms with van der Waals surface area (Å²) in [5, 5.41) is 13.9. The number of nitrogens with zero attached hydrogens (tertiary/aromatic N) is 2. The number of nitrogens with one attached hydrogen (secondary N) is 2. The van der Waals surface area contributed by atoms with Crippen LogP contribution in [0.25, 0.3) is 0 Å². The van der Waals surface area contributed by atoms with E-state index in [2.05, 4.69) is 20.8 Å². The van der Waals surface area contributed by atoms with Crippen molar-refractivity contribution in [3.63, 3.8) is 0 Å². The van der Waals surface area contributed by atoms with Crippen molar-refractivity contribution in [3.8, 4) is 0 Å². The number of hydrogen-bond donors (Lipinski definition) is 2. The topological polar surface area (TPSA) is 76.1 Å². The van der Waals surface area contributed by atoms with Gasteiger partial charge in [0.15, 0.2) is 0 Å². The summed E-state index contributed by atoms with van der Waals surface area (Å²) in [4.78, 5) is 11.5. The Morgan fingerprint density at radius 3 is 3.12 bits per heavy atom. The highest BCUT2D eigenvalue weighted by Gasteiger charge is 2.13. The van der Waals surface area contributed by atoms with Crippen LogP contribution in [0.1, 0.15) is 19.3 Å². The fourth-order valence-corrected chi connectivity index (χ4v) is 2.15. The molecule has 1 saturated heterocycles. The third-order valence-corrected chi connectivity index (χ3v) is 3.18. The molecule has 2 rings (SSSR count). The second-order valence-corrected chi connectivity index (χ2v) is 4.70. The number of hydrogen-bond acceptors (Lipinski definition) is 6. The quantitative estimate of drug-likeness (QED) is 0.808. The molecule has 7 heteroatoms. The zero-order valence-electron chi connectivity index (χ0n) is 9.52. The van der Waals surface area contributed by atoms with Crippen LogP contribution in [-0.2, 0) is 9.53 Å². The van der Waals surface area contributed by atoms with E-state index in [9.17, 15) is 4.79 Å². The van der Waals surface area contributed by atoms with Crippen LogP contribution < -0.4 is 10.6 Å². The fourth-order valence-electron chi connectivity index (χ4n) is 1.69. The summed E-state index contributed by atoms with van der Waals surface area (Å²) in [5.41, 5.74) is 1.58. The number of rotatable bonds is 5. The van der Waals surface area contributed by atoms with Gasteiger partial charge in [-0.3, -0.25) is 4.79 Å². The van der Waals surface area contributed by atoms with E-state index in [1.165, 1.54) is 11.3 Å². The monoisotopic (exact) mass is 256 g/mol. The molecule has 1 aliphatic rings. The van der Waals surface area contributed by atoms with Gasteiger partial charge in [0.25, 0.3) is 0 Å². The lowest BCUT2D eigenvalue weighted by molar-refractivity contribution is -0.117. The van der Waals surface area contributed by atoms with E-state index < -0.39 is 0 Å². The Labute approximate surface area is 104 Å². The van der Waals surface area contributed by atoms with Crippen molar-refractivity contribution in [2.75, 3.05) is 25.0 Å². The lowest BCUT2D eigenvalue weighted by Crippen LogP contribution is -2.33. The number of amides is 1. The van der Waals surface area contributed by atoms with Gasteiger partial charge < -0.3 is 15.4 Å². The Morgan fingerprint density at radius 2 is 2.41 bits per heavy atom. The maximum Gasteiger partial charge on any atom is 0.228 e. The second-order valence-electron chi connectivity index (χ2n) is 3.86. The van der Waals surface area contributed by atoms with Gasteiger partial charge in [0.2, 0.25) is 11.0 Å². The van der Waals surface area contributed by atoms with Crippen molar-refractivity contribution in [1.82, 2.24) is 15.5 Å². The third kappa shape index (κ3) is 4.37. The first-order valence-corrected chi connectivity index (χ1v) is 6.61. The van der Waals surface area contributed by atoms with Crippen molar-refractivity contribution in [2.24, 2.45) is 0 Å². The van der Waals surface area contributed by atoms with Crippen molar-refractivity contribution in [2.45, 2.75) is 25.4 Å². The molecule has 0 saturated carbocycles. The molecule has 0 unspecified atom stereocenters. The van der Waals surface area contributed by atoms with Gasteiger partial charge in [0.1, 0.15) is 5.51 Å². The molecule has 0 aliphatic carbocycles. The van der Waals surface area contributed by atoms with Gasteiger partial charge >= 0.3 is 0 Å². The molecule has 1 aromatic heterocycles. The van der Waals surface area contributed by atoms with Gasteiger partial charge in [-0.1, -0.05) is 11.3 Å². The number of aromatic nitrogens is 2. The number of carbonyl (C=O) groups excluding carboxylic acids is 1. The highest BCUT2D eigenvalue weighted by atomic mass is 32.1. The molecular formula is C10H16N4O2S. The van der Waals surface area contributed by atoms with Crippen LogP contribution in [0.2, 0.25) is 0 Å². The van der Waals surface area contributed by atoms with E-state index in [0.717, 1.165) is 25.9 Å². The standard InChI is InChI=1S/C10H16N4O2S/c15-9(13-10-14-12-7-17-10)3-6-16-8-1-4-11-5-2-8/h7-8,11H,1-6H2,(H,13,14,15). The predicted octanol–water partition coefficient (Wildman–Crippen LogP) is 0.635. The Morgan fingerprint density at radius 1 is 1.59 bits per heavy atom. The Hall–Kier alpha value is -1.05. The number of carbonyl (C=O) groups is 1. The van der Waals surface area contributed by atoms with Gasteiger partial charge in [-0.15, -0.1) is 10.2 Å². The Balaban J connectivity index is 1.59. The first-order valence-electron chi connectivity index (χ1n) is 5.73. The molecule has 0 radical (unpaired) electrons. The van der Waals surface area contributed by atoms with Gasteiger partial charge in [0, 0.05) is 0 Å².